The first-order chi connectivity index (χ1) is 11.9. The molecule has 1 saturated heterocycles. The van der Waals surface area contributed by atoms with Crippen molar-refractivity contribution in [2.24, 2.45) is 0 Å². The molecule has 1 fully saturated rings. The second kappa shape index (κ2) is 6.95. The maximum atomic E-state index is 13.1. The molecule has 1 aliphatic heterocycles. The van der Waals surface area contributed by atoms with Crippen LogP contribution in [0.4, 0.5) is 0 Å². The van der Waals surface area contributed by atoms with Crippen molar-refractivity contribution in [3.8, 4) is 0 Å². The molecule has 0 bridgehead atoms. The van der Waals surface area contributed by atoms with E-state index in [0.717, 1.165) is 5.69 Å². The Hall–Kier alpha value is -2.22. The van der Waals surface area contributed by atoms with Gasteiger partial charge in [-0.2, -0.15) is 5.10 Å². The Bertz CT molecular complexity index is 749. The van der Waals surface area contributed by atoms with Crippen molar-refractivity contribution in [3.63, 3.8) is 0 Å². The molecule has 3 heterocycles. The van der Waals surface area contributed by atoms with Crippen LogP contribution >= 0.6 is 0 Å². The van der Waals surface area contributed by atoms with Crippen LogP contribution < -0.4 is 0 Å². The highest BCUT2D eigenvalue weighted by atomic mass is 16.5. The Morgan fingerprint density at radius 2 is 2.04 bits per heavy atom. The standard InChI is InChI=1S/C17H25N5O3/c1-10(2)15-19-20-16(25-15)14-9-24-7-6-21(14)17(23)13-8-18-22(11(3)4)12(13)5/h8,10-11,14H,6-7,9H2,1-5H3. The van der Waals surface area contributed by atoms with Gasteiger partial charge in [0.1, 0.15) is 6.04 Å². The van der Waals surface area contributed by atoms with Gasteiger partial charge < -0.3 is 14.1 Å². The summed E-state index contributed by atoms with van der Waals surface area (Å²) in [5, 5.41) is 12.6. The molecular formula is C17H25N5O3. The van der Waals surface area contributed by atoms with Crippen LogP contribution in [-0.2, 0) is 4.74 Å². The normalized spacial score (nSPS) is 18.4. The molecule has 1 amide bonds. The van der Waals surface area contributed by atoms with Gasteiger partial charge in [-0.1, -0.05) is 13.8 Å². The molecule has 8 heteroatoms. The van der Waals surface area contributed by atoms with Gasteiger partial charge in [0.25, 0.3) is 5.91 Å². The third-order valence-electron chi connectivity index (χ3n) is 4.39. The summed E-state index contributed by atoms with van der Waals surface area (Å²) in [5.41, 5.74) is 1.46. The third-order valence-corrected chi connectivity index (χ3v) is 4.39. The van der Waals surface area contributed by atoms with Crippen molar-refractivity contribution in [3.05, 3.63) is 29.2 Å². The Kier molecular flexibility index (Phi) is 4.89. The predicted octanol–water partition coefficient (Wildman–Crippen LogP) is 2.49. The molecule has 1 atom stereocenters. The minimum atomic E-state index is -0.372. The SMILES string of the molecule is Cc1c(C(=O)N2CCOCC2c2nnc(C(C)C)o2)cnn1C(C)C. The number of ether oxygens (including phenoxy) is 1. The van der Waals surface area contributed by atoms with Gasteiger partial charge in [-0.05, 0) is 20.8 Å². The average molecular weight is 347 g/mol. The minimum Gasteiger partial charge on any atom is -0.423 e. The zero-order chi connectivity index (χ0) is 18.1. The van der Waals surface area contributed by atoms with Crippen molar-refractivity contribution in [2.75, 3.05) is 19.8 Å². The molecule has 0 N–H and O–H groups in total. The molecule has 0 spiro atoms. The summed E-state index contributed by atoms with van der Waals surface area (Å²) < 4.78 is 13.2. The summed E-state index contributed by atoms with van der Waals surface area (Å²) in [6, 6.07) is -0.172. The summed E-state index contributed by atoms with van der Waals surface area (Å²) in [6.45, 7) is 11.3. The Balaban J connectivity index is 1.88. The molecule has 0 aromatic carbocycles. The zero-order valence-corrected chi connectivity index (χ0v) is 15.4. The second-order valence-corrected chi connectivity index (χ2v) is 6.90. The average Bonchev–Trinajstić information content (AvgIpc) is 3.21. The highest BCUT2D eigenvalue weighted by Crippen LogP contribution is 2.27. The zero-order valence-electron chi connectivity index (χ0n) is 15.4. The molecule has 0 radical (unpaired) electrons. The number of hydrogen-bond acceptors (Lipinski definition) is 6. The van der Waals surface area contributed by atoms with Crippen molar-refractivity contribution in [2.45, 2.75) is 52.6 Å². The number of carbonyl (C=O) groups is 1. The lowest BCUT2D eigenvalue weighted by Gasteiger charge is -2.33. The predicted molar refractivity (Wildman–Crippen MR) is 90.3 cm³/mol. The monoisotopic (exact) mass is 347 g/mol. The van der Waals surface area contributed by atoms with Crippen LogP contribution in [-0.4, -0.2) is 50.5 Å². The van der Waals surface area contributed by atoms with Gasteiger partial charge in [0.15, 0.2) is 0 Å². The van der Waals surface area contributed by atoms with Gasteiger partial charge in [-0.25, -0.2) is 0 Å². The fourth-order valence-corrected chi connectivity index (χ4v) is 2.97. The second-order valence-electron chi connectivity index (χ2n) is 6.90. The fraction of sp³-hybridized carbons (Fsp3) is 0.647. The van der Waals surface area contributed by atoms with Gasteiger partial charge in [0, 0.05) is 24.2 Å². The van der Waals surface area contributed by atoms with Crippen molar-refractivity contribution in [1.82, 2.24) is 24.9 Å². The first-order valence-corrected chi connectivity index (χ1v) is 8.66. The third kappa shape index (κ3) is 3.30. The van der Waals surface area contributed by atoms with Gasteiger partial charge in [-0.3, -0.25) is 9.48 Å². The van der Waals surface area contributed by atoms with E-state index in [0.29, 0.717) is 37.1 Å². The lowest BCUT2D eigenvalue weighted by atomic mass is 10.1. The first kappa shape index (κ1) is 17.6. The lowest BCUT2D eigenvalue weighted by molar-refractivity contribution is -0.0108. The Morgan fingerprint density at radius 1 is 1.28 bits per heavy atom. The molecule has 1 aliphatic rings. The van der Waals surface area contributed by atoms with E-state index in [1.807, 2.05) is 39.3 Å². The van der Waals surface area contributed by atoms with E-state index < -0.39 is 0 Å². The molecule has 25 heavy (non-hydrogen) atoms. The van der Waals surface area contributed by atoms with Crippen LogP contribution in [0.1, 0.15) is 73.5 Å². The molecule has 0 saturated carbocycles. The van der Waals surface area contributed by atoms with Gasteiger partial charge in [0.2, 0.25) is 11.8 Å². The van der Waals surface area contributed by atoms with Crippen LogP contribution in [0, 0.1) is 6.92 Å². The maximum absolute atomic E-state index is 13.1. The molecule has 0 aliphatic carbocycles. The number of carbonyl (C=O) groups excluding carboxylic acids is 1. The maximum Gasteiger partial charge on any atom is 0.258 e. The lowest BCUT2D eigenvalue weighted by Crippen LogP contribution is -2.43. The molecule has 2 aromatic rings. The first-order valence-electron chi connectivity index (χ1n) is 8.66. The molecule has 8 nitrogen and oxygen atoms in total. The van der Waals surface area contributed by atoms with Crippen molar-refractivity contribution in [1.29, 1.82) is 0 Å². The summed E-state index contributed by atoms with van der Waals surface area (Å²) in [7, 11) is 0. The van der Waals surface area contributed by atoms with E-state index in [2.05, 4.69) is 15.3 Å². The fourth-order valence-electron chi connectivity index (χ4n) is 2.97. The molecule has 3 rings (SSSR count). The van der Waals surface area contributed by atoms with Crippen molar-refractivity contribution < 1.29 is 13.9 Å². The largest absolute Gasteiger partial charge is 0.423 e. The number of nitrogens with zero attached hydrogens (tertiary/aromatic N) is 5. The van der Waals surface area contributed by atoms with E-state index in [-0.39, 0.29) is 23.9 Å². The summed E-state index contributed by atoms with van der Waals surface area (Å²) >= 11 is 0. The quantitative estimate of drug-likeness (QED) is 0.844. The minimum absolute atomic E-state index is 0.0815. The highest BCUT2D eigenvalue weighted by molar-refractivity contribution is 5.95. The smallest absolute Gasteiger partial charge is 0.258 e. The van der Waals surface area contributed by atoms with Crippen LogP contribution in [0.25, 0.3) is 0 Å². The van der Waals surface area contributed by atoms with E-state index in [9.17, 15) is 4.79 Å². The topological polar surface area (TPSA) is 86.3 Å². The van der Waals surface area contributed by atoms with Gasteiger partial charge in [-0.15, -0.1) is 10.2 Å². The van der Waals surface area contributed by atoms with E-state index in [1.54, 1.807) is 11.1 Å². The van der Waals surface area contributed by atoms with Crippen LogP contribution in [0.3, 0.4) is 0 Å². The van der Waals surface area contributed by atoms with Crippen LogP contribution in [0.15, 0.2) is 10.6 Å². The van der Waals surface area contributed by atoms with Crippen molar-refractivity contribution >= 4 is 5.91 Å². The van der Waals surface area contributed by atoms with Gasteiger partial charge >= 0.3 is 0 Å². The Morgan fingerprint density at radius 3 is 2.64 bits per heavy atom. The molecule has 136 valence electrons. The summed E-state index contributed by atoms with van der Waals surface area (Å²) in [6.07, 6.45) is 1.64. The van der Waals surface area contributed by atoms with Crippen LogP contribution in [0.2, 0.25) is 0 Å². The summed E-state index contributed by atoms with van der Waals surface area (Å²) in [5.74, 6) is 1.05. The van der Waals surface area contributed by atoms with Gasteiger partial charge in [0.05, 0.1) is 25.0 Å². The Labute approximate surface area is 147 Å². The molecule has 2 aromatic heterocycles. The number of morpholine rings is 1. The molecule has 1 unspecified atom stereocenters. The van der Waals surface area contributed by atoms with Crippen LogP contribution in [0.5, 0.6) is 0 Å². The molecular weight excluding hydrogens is 322 g/mol. The number of amides is 1. The number of aromatic nitrogens is 4. The number of hydrogen-bond donors (Lipinski definition) is 0. The van der Waals surface area contributed by atoms with E-state index in [4.69, 9.17) is 9.15 Å². The number of rotatable bonds is 4. The summed E-state index contributed by atoms with van der Waals surface area (Å²) in [4.78, 5) is 14.9. The van der Waals surface area contributed by atoms with E-state index in [1.165, 1.54) is 0 Å². The van der Waals surface area contributed by atoms with E-state index >= 15 is 0 Å². The highest BCUT2D eigenvalue weighted by Gasteiger charge is 2.34.